The molecule has 2 fully saturated rings. The van der Waals surface area contributed by atoms with E-state index in [4.69, 9.17) is 4.74 Å². The lowest BCUT2D eigenvalue weighted by molar-refractivity contribution is -0.165. The second kappa shape index (κ2) is 11.3. The van der Waals surface area contributed by atoms with Gasteiger partial charge in [-0.05, 0) is 25.7 Å². The van der Waals surface area contributed by atoms with E-state index >= 15 is 0 Å². The fourth-order valence-corrected chi connectivity index (χ4v) is 4.01. The van der Waals surface area contributed by atoms with E-state index < -0.39 is 47.9 Å². The molecule has 33 heavy (non-hydrogen) atoms. The van der Waals surface area contributed by atoms with Crippen LogP contribution in [-0.4, -0.2) is 95.7 Å². The van der Waals surface area contributed by atoms with Crippen molar-refractivity contribution < 1.29 is 28.7 Å². The average molecular weight is 465 g/mol. The molecule has 10 nitrogen and oxygen atoms in total. The average Bonchev–Trinajstić information content (AvgIpc) is 3.29. The lowest BCUT2D eigenvalue weighted by Gasteiger charge is -2.32. The Balaban J connectivity index is 2.47. The first-order valence-electron chi connectivity index (χ1n) is 11.5. The molecule has 2 heterocycles. The summed E-state index contributed by atoms with van der Waals surface area (Å²) in [4.78, 5) is 69.0. The van der Waals surface area contributed by atoms with Crippen molar-refractivity contribution in [2.24, 2.45) is 5.92 Å². The van der Waals surface area contributed by atoms with Crippen molar-refractivity contribution in [1.82, 2.24) is 20.0 Å². The minimum Gasteiger partial charge on any atom is -0.450 e. The molecular formula is C23H36N4O6. The third-order valence-electron chi connectivity index (χ3n) is 6.60. The summed E-state index contributed by atoms with van der Waals surface area (Å²) in [5.41, 5.74) is 0. The van der Waals surface area contributed by atoms with Gasteiger partial charge in [-0.25, -0.2) is 4.79 Å². The quantitative estimate of drug-likeness (QED) is 0.473. The molecule has 1 N–H and O–H groups in total. The molecule has 10 heteroatoms. The van der Waals surface area contributed by atoms with E-state index in [2.05, 4.69) is 11.9 Å². The molecule has 0 bridgehead atoms. The van der Waals surface area contributed by atoms with Gasteiger partial charge in [0.1, 0.15) is 18.1 Å². The van der Waals surface area contributed by atoms with Crippen LogP contribution in [0.4, 0.5) is 0 Å². The molecule has 0 radical (unpaired) electrons. The Bertz CT molecular complexity index is 800. The number of amides is 4. The molecule has 0 aromatic rings. The number of hydrogen-bond donors (Lipinski definition) is 1. The maximum Gasteiger partial charge on any atom is 0.329 e. The second-order valence-electron chi connectivity index (χ2n) is 8.89. The Morgan fingerprint density at radius 2 is 1.85 bits per heavy atom. The third-order valence-corrected chi connectivity index (χ3v) is 6.60. The largest absolute Gasteiger partial charge is 0.450 e. The van der Waals surface area contributed by atoms with Crippen LogP contribution in [0.3, 0.4) is 0 Å². The van der Waals surface area contributed by atoms with Gasteiger partial charge in [-0.1, -0.05) is 26.3 Å². The van der Waals surface area contributed by atoms with E-state index in [0.29, 0.717) is 25.8 Å². The van der Waals surface area contributed by atoms with Crippen LogP contribution in [0.25, 0.3) is 0 Å². The Morgan fingerprint density at radius 1 is 1.18 bits per heavy atom. The summed E-state index contributed by atoms with van der Waals surface area (Å²) < 4.78 is 5.53. The molecular weight excluding hydrogens is 428 g/mol. The van der Waals surface area contributed by atoms with Gasteiger partial charge in [0.15, 0.2) is 6.10 Å². The molecule has 2 aliphatic rings. The van der Waals surface area contributed by atoms with E-state index in [9.17, 15) is 24.0 Å². The number of esters is 1. The fourth-order valence-electron chi connectivity index (χ4n) is 4.01. The number of rotatable bonds is 4. The highest BCUT2D eigenvalue weighted by molar-refractivity contribution is 5.95. The van der Waals surface area contributed by atoms with Crippen LogP contribution in [0.5, 0.6) is 0 Å². The van der Waals surface area contributed by atoms with Crippen molar-refractivity contribution in [3.05, 3.63) is 12.7 Å². The van der Waals surface area contributed by atoms with Crippen LogP contribution in [0.1, 0.15) is 46.5 Å². The van der Waals surface area contributed by atoms with Crippen LogP contribution in [0.15, 0.2) is 12.7 Å². The summed E-state index contributed by atoms with van der Waals surface area (Å²) in [5, 5.41) is 2.79. The van der Waals surface area contributed by atoms with E-state index in [0.717, 1.165) is 0 Å². The zero-order valence-corrected chi connectivity index (χ0v) is 20.2. The van der Waals surface area contributed by atoms with Gasteiger partial charge >= 0.3 is 5.97 Å². The van der Waals surface area contributed by atoms with Crippen LogP contribution >= 0.6 is 0 Å². The van der Waals surface area contributed by atoms with E-state index in [1.165, 1.54) is 34.9 Å². The number of fused-ring (bicyclic) bond motifs is 1. The monoisotopic (exact) mass is 464 g/mol. The molecule has 0 aliphatic carbocycles. The van der Waals surface area contributed by atoms with Crippen LogP contribution in [0.2, 0.25) is 0 Å². The summed E-state index contributed by atoms with van der Waals surface area (Å²) in [6, 6.07) is -2.54. The van der Waals surface area contributed by atoms with Crippen LogP contribution in [-0.2, 0) is 28.7 Å². The summed E-state index contributed by atoms with van der Waals surface area (Å²) in [7, 11) is 2.91. The van der Waals surface area contributed by atoms with Gasteiger partial charge in [-0.3, -0.25) is 19.2 Å². The predicted octanol–water partition coefficient (Wildman–Crippen LogP) is 0.315. The number of nitrogens with zero attached hydrogens (tertiary/aromatic N) is 3. The van der Waals surface area contributed by atoms with Crippen molar-refractivity contribution in [2.45, 2.75) is 70.7 Å². The second-order valence-corrected chi connectivity index (χ2v) is 8.89. The Morgan fingerprint density at radius 3 is 2.45 bits per heavy atom. The fraction of sp³-hybridized carbons (Fsp3) is 0.696. The molecule has 0 aromatic heterocycles. The van der Waals surface area contributed by atoms with Gasteiger partial charge < -0.3 is 24.8 Å². The highest BCUT2D eigenvalue weighted by Crippen LogP contribution is 2.23. The molecule has 2 rings (SSSR count). The molecule has 4 amide bonds. The first-order chi connectivity index (χ1) is 15.5. The predicted molar refractivity (Wildman–Crippen MR) is 121 cm³/mol. The first kappa shape index (κ1) is 26.3. The minimum atomic E-state index is -1.15. The summed E-state index contributed by atoms with van der Waals surface area (Å²) >= 11 is 0. The van der Waals surface area contributed by atoms with Crippen molar-refractivity contribution >= 4 is 29.6 Å². The zero-order chi connectivity index (χ0) is 24.9. The van der Waals surface area contributed by atoms with Gasteiger partial charge in [0, 0.05) is 27.1 Å². The lowest BCUT2D eigenvalue weighted by atomic mass is 9.97. The number of likely N-dealkylation sites (N-methyl/N-ethyl adjacent to an activating group) is 2. The summed E-state index contributed by atoms with van der Waals surface area (Å²) in [5.74, 6) is -2.71. The van der Waals surface area contributed by atoms with E-state index in [1.807, 2.05) is 13.8 Å². The minimum absolute atomic E-state index is 0.0749. The summed E-state index contributed by atoms with van der Waals surface area (Å²) in [6.07, 6.45) is 2.04. The van der Waals surface area contributed by atoms with Crippen LogP contribution in [0, 0.1) is 5.92 Å². The first-order valence-corrected chi connectivity index (χ1v) is 11.5. The molecule has 1 unspecified atom stereocenters. The Hall–Kier alpha value is -2.91. The third kappa shape index (κ3) is 5.91. The zero-order valence-electron chi connectivity index (χ0n) is 20.2. The van der Waals surface area contributed by atoms with E-state index in [-0.39, 0.29) is 24.8 Å². The molecule has 0 saturated carbocycles. The van der Waals surface area contributed by atoms with Crippen molar-refractivity contribution in [1.29, 1.82) is 0 Å². The number of hydrogen-bond acceptors (Lipinski definition) is 6. The molecule has 184 valence electrons. The maximum atomic E-state index is 13.5. The van der Waals surface area contributed by atoms with Gasteiger partial charge in [0.05, 0.1) is 6.54 Å². The normalized spacial score (nSPS) is 29.1. The molecule has 0 spiro atoms. The molecule has 2 aliphatic heterocycles. The van der Waals surface area contributed by atoms with Crippen molar-refractivity contribution in [2.75, 3.05) is 27.2 Å². The number of nitrogens with one attached hydrogen (secondary N) is 1. The lowest BCUT2D eigenvalue weighted by Crippen LogP contribution is -2.57. The highest BCUT2D eigenvalue weighted by atomic mass is 16.5. The number of cyclic esters (lactones) is 1. The SMILES string of the molecule is C=CCC1OC(=O)[C@@H]2CCCN2C(=O)[C@H]([C@@H](C)CC)NC(=O)[C@H](C)N(C)C(=O)CN(C)C1=O. The van der Waals surface area contributed by atoms with Crippen LogP contribution < -0.4 is 5.32 Å². The molecule has 2 saturated heterocycles. The smallest absolute Gasteiger partial charge is 0.329 e. The number of carbonyl (C=O) groups excluding carboxylic acids is 5. The number of carbonyl (C=O) groups is 5. The maximum absolute atomic E-state index is 13.5. The van der Waals surface area contributed by atoms with Gasteiger partial charge in [-0.15, -0.1) is 6.58 Å². The highest BCUT2D eigenvalue weighted by Gasteiger charge is 2.42. The Labute approximate surface area is 195 Å². The number of ether oxygens (including phenoxy) is 1. The van der Waals surface area contributed by atoms with Gasteiger partial charge in [0.25, 0.3) is 5.91 Å². The molecule has 0 aromatic carbocycles. The van der Waals surface area contributed by atoms with Crippen molar-refractivity contribution in [3.8, 4) is 0 Å². The van der Waals surface area contributed by atoms with Gasteiger partial charge in [-0.2, -0.15) is 0 Å². The molecule has 5 atom stereocenters. The summed E-state index contributed by atoms with van der Waals surface area (Å²) in [6.45, 7) is 9.02. The Kier molecular flexibility index (Phi) is 9.01. The topological polar surface area (TPSA) is 116 Å². The van der Waals surface area contributed by atoms with E-state index in [1.54, 1.807) is 6.92 Å². The van der Waals surface area contributed by atoms with Crippen molar-refractivity contribution in [3.63, 3.8) is 0 Å². The standard InChI is InChI=1S/C23H36N4O6/c1-7-10-17-21(30)25(5)13-18(28)26(6)15(4)20(29)24-19(14(3)8-2)22(31)27-12-9-11-16(27)23(32)33-17/h7,14-17,19H,1,8-13H2,2-6H3,(H,24,29)/t14-,15-,16-,17?,19-/m0/s1. The van der Waals surface area contributed by atoms with Gasteiger partial charge in [0.2, 0.25) is 17.7 Å².